The summed E-state index contributed by atoms with van der Waals surface area (Å²) < 4.78 is 6.18. The van der Waals surface area contributed by atoms with E-state index in [1.807, 2.05) is 32.0 Å². The Hall–Kier alpha value is -1.38. The van der Waals surface area contributed by atoms with E-state index < -0.39 is 0 Å². The SMILES string of the molecule is Cc1cc(N)c(C)c(Cl)c1Oc1ccc(Cl)c2c1CCCC2. The molecule has 0 unspecified atom stereocenters. The number of rotatable bonds is 2. The molecule has 2 nitrogen and oxygen atoms in total. The maximum absolute atomic E-state index is 6.44. The predicted molar refractivity (Wildman–Crippen MR) is 93.5 cm³/mol. The van der Waals surface area contributed by atoms with Crippen molar-refractivity contribution < 1.29 is 4.74 Å². The highest BCUT2D eigenvalue weighted by Crippen LogP contribution is 2.41. The smallest absolute Gasteiger partial charge is 0.149 e. The van der Waals surface area contributed by atoms with E-state index in [1.54, 1.807) is 0 Å². The Morgan fingerprint density at radius 1 is 1.05 bits per heavy atom. The lowest BCUT2D eigenvalue weighted by Crippen LogP contribution is -2.06. The number of nitrogen functional groups attached to an aromatic ring is 1. The minimum Gasteiger partial charge on any atom is -0.455 e. The van der Waals surface area contributed by atoms with Crippen molar-refractivity contribution in [1.29, 1.82) is 0 Å². The van der Waals surface area contributed by atoms with Crippen LogP contribution in [0.2, 0.25) is 10.0 Å². The highest BCUT2D eigenvalue weighted by Gasteiger charge is 2.19. The fraction of sp³-hybridized carbons (Fsp3) is 0.333. The number of ether oxygens (including phenoxy) is 1. The zero-order valence-corrected chi connectivity index (χ0v) is 14.3. The highest BCUT2D eigenvalue weighted by atomic mass is 35.5. The quantitative estimate of drug-likeness (QED) is 0.697. The van der Waals surface area contributed by atoms with Gasteiger partial charge in [-0.1, -0.05) is 23.2 Å². The zero-order chi connectivity index (χ0) is 15.9. The molecule has 1 aliphatic carbocycles. The van der Waals surface area contributed by atoms with Crippen molar-refractivity contribution in [2.24, 2.45) is 0 Å². The van der Waals surface area contributed by atoms with Crippen LogP contribution in [-0.2, 0) is 12.8 Å². The van der Waals surface area contributed by atoms with Gasteiger partial charge >= 0.3 is 0 Å². The number of aryl methyl sites for hydroxylation is 1. The number of fused-ring (bicyclic) bond motifs is 1. The van der Waals surface area contributed by atoms with E-state index in [0.29, 0.717) is 16.5 Å². The summed E-state index contributed by atoms with van der Waals surface area (Å²) in [5.74, 6) is 1.54. The van der Waals surface area contributed by atoms with Gasteiger partial charge in [-0.2, -0.15) is 0 Å². The first-order valence-electron chi connectivity index (χ1n) is 7.52. The normalized spacial score (nSPS) is 13.8. The van der Waals surface area contributed by atoms with Gasteiger partial charge in [-0.05, 0) is 80.0 Å². The fourth-order valence-electron chi connectivity index (χ4n) is 3.00. The summed E-state index contributed by atoms with van der Waals surface area (Å²) in [6, 6.07) is 5.75. The number of nitrogens with two attached hydrogens (primary N) is 1. The van der Waals surface area contributed by atoms with Crippen molar-refractivity contribution in [2.75, 3.05) is 5.73 Å². The number of hydrogen-bond acceptors (Lipinski definition) is 2. The van der Waals surface area contributed by atoms with Crippen molar-refractivity contribution in [2.45, 2.75) is 39.5 Å². The van der Waals surface area contributed by atoms with Crippen LogP contribution >= 0.6 is 23.2 Å². The van der Waals surface area contributed by atoms with Gasteiger partial charge in [-0.25, -0.2) is 0 Å². The summed E-state index contributed by atoms with van der Waals surface area (Å²) in [4.78, 5) is 0. The van der Waals surface area contributed by atoms with Gasteiger partial charge in [-0.15, -0.1) is 0 Å². The van der Waals surface area contributed by atoms with Crippen LogP contribution < -0.4 is 10.5 Å². The number of hydrogen-bond donors (Lipinski definition) is 1. The summed E-state index contributed by atoms with van der Waals surface area (Å²) in [6.07, 6.45) is 4.35. The Kier molecular flexibility index (Phi) is 4.24. The number of halogens is 2. The van der Waals surface area contributed by atoms with Crippen LogP contribution in [0.5, 0.6) is 11.5 Å². The molecular weight excluding hydrogens is 317 g/mol. The van der Waals surface area contributed by atoms with Gasteiger partial charge in [0.2, 0.25) is 0 Å². The van der Waals surface area contributed by atoms with Crippen molar-refractivity contribution >= 4 is 28.9 Å². The lowest BCUT2D eigenvalue weighted by Gasteiger charge is -2.22. The molecule has 0 aliphatic heterocycles. The highest BCUT2D eigenvalue weighted by molar-refractivity contribution is 6.33. The standard InChI is InChI=1S/C18H19Cl2NO/c1-10-9-15(21)11(2)17(20)18(10)22-16-8-7-14(19)12-5-3-4-6-13(12)16/h7-9H,3-6,21H2,1-2H3. The first-order chi connectivity index (χ1) is 10.5. The van der Waals surface area contributed by atoms with E-state index >= 15 is 0 Å². The molecule has 4 heteroatoms. The molecular formula is C18H19Cl2NO. The first-order valence-corrected chi connectivity index (χ1v) is 8.28. The molecule has 0 aromatic heterocycles. The minimum atomic E-state index is 0.581. The van der Waals surface area contributed by atoms with Crippen LogP contribution in [0.15, 0.2) is 18.2 Å². The maximum atomic E-state index is 6.44. The van der Waals surface area contributed by atoms with E-state index in [-0.39, 0.29) is 0 Å². The lowest BCUT2D eigenvalue weighted by molar-refractivity contribution is 0.467. The van der Waals surface area contributed by atoms with Crippen molar-refractivity contribution in [3.8, 4) is 11.5 Å². The average molecular weight is 336 g/mol. The van der Waals surface area contributed by atoms with Crippen LogP contribution in [0.25, 0.3) is 0 Å². The first kappa shape index (κ1) is 15.5. The molecule has 2 aromatic carbocycles. The molecule has 0 atom stereocenters. The third-order valence-corrected chi connectivity index (χ3v) is 5.15. The van der Waals surface area contributed by atoms with Crippen LogP contribution in [0.4, 0.5) is 5.69 Å². The second-order valence-corrected chi connectivity index (χ2v) is 6.65. The summed E-state index contributed by atoms with van der Waals surface area (Å²) in [5, 5.41) is 1.41. The van der Waals surface area contributed by atoms with Crippen LogP contribution in [0.1, 0.15) is 35.1 Å². The number of anilines is 1. The maximum Gasteiger partial charge on any atom is 0.149 e. The molecule has 3 rings (SSSR count). The van der Waals surface area contributed by atoms with E-state index in [9.17, 15) is 0 Å². The van der Waals surface area contributed by atoms with Gasteiger partial charge in [0, 0.05) is 10.7 Å². The van der Waals surface area contributed by atoms with Gasteiger partial charge in [0.15, 0.2) is 0 Å². The van der Waals surface area contributed by atoms with Crippen molar-refractivity contribution in [1.82, 2.24) is 0 Å². The van der Waals surface area contributed by atoms with Crippen LogP contribution in [0, 0.1) is 13.8 Å². The molecule has 116 valence electrons. The van der Waals surface area contributed by atoms with Crippen LogP contribution in [0.3, 0.4) is 0 Å². The molecule has 2 N–H and O–H groups in total. The fourth-order valence-corrected chi connectivity index (χ4v) is 3.57. The summed E-state index contributed by atoms with van der Waals surface area (Å²) in [5.41, 5.74) is 10.9. The molecule has 0 spiro atoms. The second kappa shape index (κ2) is 6.02. The van der Waals surface area contributed by atoms with E-state index in [4.69, 9.17) is 33.7 Å². The molecule has 1 aliphatic rings. The summed E-state index contributed by atoms with van der Waals surface area (Å²) >= 11 is 12.8. The predicted octanol–water partition coefficient (Wildman–Crippen LogP) is 5.86. The van der Waals surface area contributed by atoms with Crippen molar-refractivity contribution in [3.63, 3.8) is 0 Å². The second-order valence-electron chi connectivity index (χ2n) is 5.86. The average Bonchev–Trinajstić information content (AvgIpc) is 2.52. The van der Waals surface area contributed by atoms with Gasteiger partial charge in [0.05, 0.1) is 5.02 Å². The third kappa shape index (κ3) is 2.66. The van der Waals surface area contributed by atoms with Gasteiger partial charge in [0.1, 0.15) is 11.5 Å². The Morgan fingerprint density at radius 3 is 2.45 bits per heavy atom. The Balaban J connectivity index is 2.07. The number of benzene rings is 2. The van der Waals surface area contributed by atoms with Gasteiger partial charge in [0.25, 0.3) is 0 Å². The van der Waals surface area contributed by atoms with E-state index in [0.717, 1.165) is 41.2 Å². The summed E-state index contributed by atoms with van der Waals surface area (Å²) in [7, 11) is 0. The van der Waals surface area contributed by atoms with Crippen molar-refractivity contribution in [3.05, 3.63) is 50.5 Å². The molecule has 0 heterocycles. The monoisotopic (exact) mass is 335 g/mol. The molecule has 0 saturated carbocycles. The molecule has 22 heavy (non-hydrogen) atoms. The largest absolute Gasteiger partial charge is 0.455 e. The van der Waals surface area contributed by atoms with E-state index in [2.05, 4.69) is 0 Å². The van der Waals surface area contributed by atoms with Gasteiger partial charge in [-0.3, -0.25) is 0 Å². The van der Waals surface area contributed by atoms with E-state index in [1.165, 1.54) is 17.5 Å². The minimum absolute atomic E-state index is 0.581. The zero-order valence-electron chi connectivity index (χ0n) is 12.8. The molecule has 2 aromatic rings. The molecule has 0 amide bonds. The lowest BCUT2D eigenvalue weighted by atomic mass is 9.91. The molecule has 0 radical (unpaired) electrons. The summed E-state index contributed by atoms with van der Waals surface area (Å²) in [6.45, 7) is 3.86. The topological polar surface area (TPSA) is 35.2 Å². The third-order valence-electron chi connectivity index (χ3n) is 4.34. The molecule has 0 fully saturated rings. The van der Waals surface area contributed by atoms with Gasteiger partial charge < -0.3 is 10.5 Å². The molecule has 0 bridgehead atoms. The molecule has 0 saturated heterocycles. The Bertz CT molecular complexity index is 741. The Morgan fingerprint density at radius 2 is 1.73 bits per heavy atom. The van der Waals surface area contributed by atoms with Crippen LogP contribution in [-0.4, -0.2) is 0 Å². The Labute approximate surface area is 141 Å².